The van der Waals surface area contributed by atoms with Crippen molar-refractivity contribution >= 4 is 11.8 Å². The zero-order valence-electron chi connectivity index (χ0n) is 11.7. The van der Waals surface area contributed by atoms with Gasteiger partial charge < -0.3 is 9.80 Å². The van der Waals surface area contributed by atoms with Crippen LogP contribution >= 0.6 is 0 Å². The van der Waals surface area contributed by atoms with Crippen LogP contribution in [0.15, 0.2) is 4.63 Å². The van der Waals surface area contributed by atoms with E-state index in [0.29, 0.717) is 24.4 Å². The molecular formula is C13H18N4O3. The lowest BCUT2D eigenvalue weighted by molar-refractivity contribution is -0.133. The third-order valence-corrected chi connectivity index (χ3v) is 4.29. The number of amides is 2. The smallest absolute Gasteiger partial charge is 0.229 e. The Balaban J connectivity index is 1.77. The summed E-state index contributed by atoms with van der Waals surface area (Å²) in [5.74, 6) is 0.133. The highest BCUT2D eigenvalue weighted by Gasteiger charge is 2.41. The number of likely N-dealkylation sites (N-methyl/N-ethyl adjacent to an activating group) is 1. The summed E-state index contributed by atoms with van der Waals surface area (Å²) in [6, 6.07) is 0.161. The van der Waals surface area contributed by atoms with Crippen LogP contribution in [-0.2, 0) is 16.0 Å². The first kappa shape index (κ1) is 13.1. The van der Waals surface area contributed by atoms with Gasteiger partial charge in [0.15, 0.2) is 0 Å². The van der Waals surface area contributed by atoms with Gasteiger partial charge in [-0.2, -0.15) is 0 Å². The van der Waals surface area contributed by atoms with E-state index >= 15 is 0 Å². The van der Waals surface area contributed by atoms with Gasteiger partial charge in [0.1, 0.15) is 11.4 Å². The number of aromatic nitrogens is 2. The van der Waals surface area contributed by atoms with Crippen LogP contribution in [0.5, 0.6) is 0 Å². The highest BCUT2D eigenvalue weighted by Crippen LogP contribution is 2.30. The fourth-order valence-electron chi connectivity index (χ4n) is 3.17. The number of aryl methyl sites for hydroxylation is 1. The number of likely N-dealkylation sites (tertiary alicyclic amines) is 1. The lowest BCUT2D eigenvalue weighted by atomic mass is 10.1. The maximum absolute atomic E-state index is 12.5. The lowest BCUT2D eigenvalue weighted by Gasteiger charge is -2.27. The molecule has 0 N–H and O–H groups in total. The largest absolute Gasteiger partial charge is 0.344 e. The van der Waals surface area contributed by atoms with E-state index in [4.69, 9.17) is 0 Å². The highest BCUT2D eigenvalue weighted by molar-refractivity contribution is 5.82. The average molecular weight is 278 g/mol. The van der Waals surface area contributed by atoms with Gasteiger partial charge in [0.05, 0.1) is 6.42 Å². The van der Waals surface area contributed by atoms with Crippen molar-refractivity contribution < 1.29 is 14.2 Å². The Bertz CT molecular complexity index is 541. The third-order valence-electron chi connectivity index (χ3n) is 4.29. The first-order chi connectivity index (χ1) is 9.56. The molecule has 1 aromatic rings. The maximum atomic E-state index is 12.5. The molecule has 20 heavy (non-hydrogen) atoms. The fourth-order valence-corrected chi connectivity index (χ4v) is 3.17. The van der Waals surface area contributed by atoms with E-state index in [0.717, 1.165) is 12.8 Å². The van der Waals surface area contributed by atoms with Gasteiger partial charge in [0.2, 0.25) is 11.8 Å². The molecule has 0 unspecified atom stereocenters. The van der Waals surface area contributed by atoms with Crippen LogP contribution in [0, 0.1) is 6.92 Å². The first-order valence-corrected chi connectivity index (χ1v) is 6.89. The Hall–Kier alpha value is -1.92. The molecule has 2 aliphatic heterocycles. The SMILES string of the molecule is Cc1nonc1CC(=O)N1[C@@H]2CC[C@H]1CN(C)C(=O)C2. The van der Waals surface area contributed by atoms with Crippen LogP contribution in [0.2, 0.25) is 0 Å². The summed E-state index contributed by atoms with van der Waals surface area (Å²) < 4.78 is 4.63. The molecular weight excluding hydrogens is 260 g/mol. The number of hydrogen-bond donors (Lipinski definition) is 0. The Labute approximate surface area is 116 Å². The summed E-state index contributed by atoms with van der Waals surface area (Å²) in [4.78, 5) is 28.0. The Kier molecular flexibility index (Phi) is 3.19. The molecule has 3 rings (SSSR count). The molecule has 0 saturated carbocycles. The van der Waals surface area contributed by atoms with E-state index in [-0.39, 0.29) is 30.3 Å². The topological polar surface area (TPSA) is 79.5 Å². The van der Waals surface area contributed by atoms with Gasteiger partial charge >= 0.3 is 0 Å². The number of carbonyl (C=O) groups is 2. The molecule has 2 saturated heterocycles. The fraction of sp³-hybridized carbons (Fsp3) is 0.692. The van der Waals surface area contributed by atoms with Gasteiger partial charge in [-0.15, -0.1) is 0 Å². The summed E-state index contributed by atoms with van der Waals surface area (Å²) >= 11 is 0. The molecule has 0 radical (unpaired) electrons. The first-order valence-electron chi connectivity index (χ1n) is 6.89. The number of nitrogens with zero attached hydrogens (tertiary/aromatic N) is 4. The molecule has 2 amide bonds. The van der Waals surface area contributed by atoms with E-state index in [1.54, 1.807) is 18.9 Å². The zero-order chi connectivity index (χ0) is 14.3. The summed E-state index contributed by atoms with van der Waals surface area (Å²) in [6.45, 7) is 2.39. The van der Waals surface area contributed by atoms with Gasteiger partial charge in [0.25, 0.3) is 0 Å². The molecule has 2 aliphatic rings. The molecule has 3 heterocycles. The second-order valence-corrected chi connectivity index (χ2v) is 5.64. The van der Waals surface area contributed by atoms with Crippen LogP contribution < -0.4 is 0 Å². The van der Waals surface area contributed by atoms with E-state index < -0.39 is 0 Å². The molecule has 2 atom stereocenters. The van der Waals surface area contributed by atoms with Crippen molar-refractivity contribution in [1.82, 2.24) is 20.1 Å². The van der Waals surface area contributed by atoms with E-state index in [2.05, 4.69) is 14.9 Å². The summed E-state index contributed by atoms with van der Waals surface area (Å²) in [5.41, 5.74) is 1.23. The summed E-state index contributed by atoms with van der Waals surface area (Å²) in [7, 11) is 1.80. The van der Waals surface area contributed by atoms with Crippen LogP contribution in [0.1, 0.15) is 30.7 Å². The van der Waals surface area contributed by atoms with Crippen LogP contribution in [-0.4, -0.2) is 57.6 Å². The van der Waals surface area contributed by atoms with Gasteiger partial charge in [0, 0.05) is 32.1 Å². The van der Waals surface area contributed by atoms with Crippen molar-refractivity contribution in [3.8, 4) is 0 Å². The second-order valence-electron chi connectivity index (χ2n) is 5.64. The van der Waals surface area contributed by atoms with Crippen molar-refractivity contribution in [2.24, 2.45) is 0 Å². The average Bonchev–Trinajstić information content (AvgIpc) is 2.93. The van der Waals surface area contributed by atoms with Gasteiger partial charge in [-0.1, -0.05) is 10.3 Å². The monoisotopic (exact) mass is 278 g/mol. The van der Waals surface area contributed by atoms with E-state index in [9.17, 15) is 9.59 Å². The number of fused-ring (bicyclic) bond motifs is 2. The minimum absolute atomic E-state index is 0.0133. The van der Waals surface area contributed by atoms with Crippen LogP contribution in [0.4, 0.5) is 0 Å². The van der Waals surface area contributed by atoms with Gasteiger partial charge in [-0.3, -0.25) is 9.59 Å². The molecule has 108 valence electrons. The van der Waals surface area contributed by atoms with Crippen LogP contribution in [0.3, 0.4) is 0 Å². The lowest BCUT2D eigenvalue weighted by Crippen LogP contribution is -2.43. The molecule has 0 spiro atoms. The third kappa shape index (κ3) is 2.17. The van der Waals surface area contributed by atoms with E-state index in [1.165, 1.54) is 0 Å². The second kappa shape index (κ2) is 4.88. The maximum Gasteiger partial charge on any atom is 0.229 e. The molecule has 1 aromatic heterocycles. The normalized spacial score (nSPS) is 26.0. The molecule has 7 heteroatoms. The zero-order valence-corrected chi connectivity index (χ0v) is 11.7. The van der Waals surface area contributed by atoms with Crippen molar-refractivity contribution in [3.05, 3.63) is 11.4 Å². The van der Waals surface area contributed by atoms with Gasteiger partial charge in [-0.25, -0.2) is 4.63 Å². The van der Waals surface area contributed by atoms with E-state index in [1.807, 2.05) is 4.90 Å². The predicted molar refractivity (Wildman–Crippen MR) is 68.6 cm³/mol. The summed E-state index contributed by atoms with van der Waals surface area (Å²) in [5, 5.41) is 7.46. The van der Waals surface area contributed by atoms with Gasteiger partial charge in [-0.05, 0) is 19.8 Å². The van der Waals surface area contributed by atoms with Crippen molar-refractivity contribution in [2.45, 2.75) is 44.7 Å². The van der Waals surface area contributed by atoms with Crippen LogP contribution in [0.25, 0.3) is 0 Å². The standard InChI is InChI=1S/C13H18N4O3/c1-8-11(15-20-14-8)6-13(19)17-9-3-4-10(17)7-16(2)12(18)5-9/h9-10H,3-7H2,1-2H3/t9-,10+/m1/s1. The molecule has 2 bridgehead atoms. The molecule has 2 fully saturated rings. The summed E-state index contributed by atoms with van der Waals surface area (Å²) in [6.07, 6.45) is 2.49. The minimum atomic E-state index is 0.0133. The highest BCUT2D eigenvalue weighted by atomic mass is 16.6. The minimum Gasteiger partial charge on any atom is -0.344 e. The number of hydrogen-bond acceptors (Lipinski definition) is 5. The van der Waals surface area contributed by atoms with Crippen molar-refractivity contribution in [3.63, 3.8) is 0 Å². The molecule has 0 aliphatic carbocycles. The quantitative estimate of drug-likeness (QED) is 0.769. The molecule has 0 aromatic carbocycles. The molecule has 7 nitrogen and oxygen atoms in total. The Morgan fingerprint density at radius 3 is 2.80 bits per heavy atom. The predicted octanol–water partition coefficient (Wildman–Crippen LogP) is 0.142. The Morgan fingerprint density at radius 1 is 1.35 bits per heavy atom. The Morgan fingerprint density at radius 2 is 2.10 bits per heavy atom. The van der Waals surface area contributed by atoms with Crippen molar-refractivity contribution in [1.29, 1.82) is 0 Å². The number of rotatable bonds is 2. The number of carbonyl (C=O) groups excluding carboxylic acids is 2. The van der Waals surface area contributed by atoms with Crippen molar-refractivity contribution in [2.75, 3.05) is 13.6 Å².